The molecule has 1 atom stereocenters. The quantitative estimate of drug-likeness (QED) is 0.885. The highest BCUT2D eigenvalue weighted by Crippen LogP contribution is 2.19. The zero-order valence-electron chi connectivity index (χ0n) is 13.8. The smallest absolute Gasteiger partial charge is 0.251 e. The Morgan fingerprint density at radius 1 is 1.08 bits per heavy atom. The average molecular weight is 328 g/mol. The number of carbonyl (C=O) groups is 2. The molecule has 0 aliphatic rings. The molecule has 126 valence electrons. The summed E-state index contributed by atoms with van der Waals surface area (Å²) in [5, 5.41) is 2.73. The van der Waals surface area contributed by atoms with Crippen LogP contribution in [0, 0.1) is 5.82 Å². The van der Waals surface area contributed by atoms with E-state index in [1.807, 2.05) is 13.0 Å². The molecule has 0 saturated carbocycles. The van der Waals surface area contributed by atoms with E-state index in [1.54, 1.807) is 48.3 Å². The maximum absolute atomic E-state index is 13.0. The van der Waals surface area contributed by atoms with Crippen molar-refractivity contribution in [1.82, 2.24) is 10.2 Å². The summed E-state index contributed by atoms with van der Waals surface area (Å²) in [4.78, 5) is 25.8. The topological polar surface area (TPSA) is 49.4 Å². The maximum Gasteiger partial charge on any atom is 0.251 e. The normalized spacial score (nSPS) is 11.6. The van der Waals surface area contributed by atoms with Crippen molar-refractivity contribution in [2.75, 3.05) is 13.6 Å². The number of nitrogens with zero attached hydrogens (tertiary/aromatic N) is 1. The monoisotopic (exact) mass is 328 g/mol. The molecule has 1 N–H and O–H groups in total. The van der Waals surface area contributed by atoms with Crippen molar-refractivity contribution in [1.29, 1.82) is 0 Å². The third kappa shape index (κ3) is 4.65. The molecular formula is C19H21FN2O2. The second-order valence-electron chi connectivity index (χ2n) is 5.60. The van der Waals surface area contributed by atoms with Gasteiger partial charge in [-0.15, -0.1) is 0 Å². The van der Waals surface area contributed by atoms with Crippen LogP contribution >= 0.6 is 0 Å². The predicted octanol–water partition coefficient (Wildman–Crippen LogP) is 3.17. The SMILES string of the molecule is CC(c1ccc(F)cc1)N(C)C(=O)CCNC(=O)c1ccccc1. The molecular weight excluding hydrogens is 307 g/mol. The van der Waals surface area contributed by atoms with Gasteiger partial charge in [-0.2, -0.15) is 0 Å². The molecule has 0 aromatic heterocycles. The standard InChI is InChI=1S/C19H21FN2O2/c1-14(15-8-10-17(20)11-9-15)22(2)18(23)12-13-21-19(24)16-6-4-3-5-7-16/h3-11,14H,12-13H2,1-2H3,(H,21,24). The summed E-state index contributed by atoms with van der Waals surface area (Å²) in [6.07, 6.45) is 0.209. The Morgan fingerprint density at radius 2 is 1.71 bits per heavy atom. The van der Waals surface area contributed by atoms with Crippen molar-refractivity contribution < 1.29 is 14.0 Å². The average Bonchev–Trinajstić information content (AvgIpc) is 2.61. The fraction of sp³-hybridized carbons (Fsp3) is 0.263. The van der Waals surface area contributed by atoms with Gasteiger partial charge in [-0.05, 0) is 36.8 Å². The lowest BCUT2D eigenvalue weighted by molar-refractivity contribution is -0.131. The molecule has 2 amide bonds. The summed E-state index contributed by atoms with van der Waals surface area (Å²) in [5.41, 5.74) is 1.43. The lowest BCUT2D eigenvalue weighted by Gasteiger charge is -2.25. The maximum atomic E-state index is 13.0. The summed E-state index contributed by atoms with van der Waals surface area (Å²) >= 11 is 0. The van der Waals surface area contributed by atoms with Crippen molar-refractivity contribution in [2.45, 2.75) is 19.4 Å². The highest BCUT2D eigenvalue weighted by molar-refractivity contribution is 5.94. The molecule has 2 aromatic rings. The van der Waals surface area contributed by atoms with Crippen LogP contribution in [0.15, 0.2) is 54.6 Å². The van der Waals surface area contributed by atoms with Gasteiger partial charge < -0.3 is 10.2 Å². The molecule has 0 fully saturated rings. The van der Waals surface area contributed by atoms with Crippen molar-refractivity contribution in [3.05, 3.63) is 71.5 Å². The number of hydrogen-bond donors (Lipinski definition) is 1. The van der Waals surface area contributed by atoms with Crippen LogP contribution in [0.1, 0.15) is 35.3 Å². The molecule has 4 nitrogen and oxygen atoms in total. The number of rotatable bonds is 6. The molecule has 0 saturated heterocycles. The van der Waals surface area contributed by atoms with E-state index in [4.69, 9.17) is 0 Å². The molecule has 24 heavy (non-hydrogen) atoms. The van der Waals surface area contributed by atoms with Crippen molar-refractivity contribution in [3.63, 3.8) is 0 Å². The highest BCUT2D eigenvalue weighted by atomic mass is 19.1. The molecule has 0 aliphatic heterocycles. The van der Waals surface area contributed by atoms with Gasteiger partial charge in [-0.25, -0.2) is 4.39 Å². The van der Waals surface area contributed by atoms with E-state index in [-0.39, 0.29) is 36.6 Å². The number of halogens is 1. The third-order valence-electron chi connectivity index (χ3n) is 3.99. The molecule has 0 radical (unpaired) electrons. The van der Waals surface area contributed by atoms with E-state index in [1.165, 1.54) is 12.1 Å². The first-order valence-electron chi connectivity index (χ1n) is 7.83. The molecule has 0 aliphatic carbocycles. The van der Waals surface area contributed by atoms with Crippen LogP contribution in [-0.4, -0.2) is 30.3 Å². The first-order valence-corrected chi connectivity index (χ1v) is 7.83. The Kier molecular flexibility index (Phi) is 6.07. The molecule has 2 rings (SSSR count). The minimum absolute atomic E-state index is 0.0832. The van der Waals surface area contributed by atoms with Gasteiger partial charge in [-0.3, -0.25) is 9.59 Å². The van der Waals surface area contributed by atoms with Crippen LogP contribution in [0.3, 0.4) is 0 Å². The summed E-state index contributed by atoms with van der Waals surface area (Å²) in [6.45, 7) is 2.15. The van der Waals surface area contributed by atoms with E-state index >= 15 is 0 Å². The second-order valence-corrected chi connectivity index (χ2v) is 5.60. The van der Waals surface area contributed by atoms with Gasteiger partial charge in [0.2, 0.25) is 5.91 Å². The van der Waals surface area contributed by atoms with E-state index in [0.717, 1.165) is 5.56 Å². The molecule has 0 heterocycles. The molecule has 0 bridgehead atoms. The second kappa shape index (κ2) is 8.24. The number of amides is 2. The van der Waals surface area contributed by atoms with Crippen LogP contribution in [0.4, 0.5) is 4.39 Å². The fourth-order valence-corrected chi connectivity index (χ4v) is 2.33. The van der Waals surface area contributed by atoms with Gasteiger partial charge in [0, 0.05) is 25.6 Å². The van der Waals surface area contributed by atoms with Crippen LogP contribution < -0.4 is 5.32 Å². The third-order valence-corrected chi connectivity index (χ3v) is 3.99. The lowest BCUT2D eigenvalue weighted by Crippen LogP contribution is -2.33. The van der Waals surface area contributed by atoms with Gasteiger partial charge in [-0.1, -0.05) is 30.3 Å². The molecule has 1 unspecified atom stereocenters. The van der Waals surface area contributed by atoms with Crippen molar-refractivity contribution in [3.8, 4) is 0 Å². The molecule has 5 heteroatoms. The van der Waals surface area contributed by atoms with Gasteiger partial charge in [0.05, 0.1) is 6.04 Å². The Balaban J connectivity index is 1.83. The largest absolute Gasteiger partial charge is 0.352 e. The highest BCUT2D eigenvalue weighted by Gasteiger charge is 2.17. The van der Waals surface area contributed by atoms with Crippen molar-refractivity contribution in [2.24, 2.45) is 0 Å². The Hall–Kier alpha value is -2.69. The minimum atomic E-state index is -0.302. The van der Waals surface area contributed by atoms with E-state index in [2.05, 4.69) is 5.32 Å². The van der Waals surface area contributed by atoms with Crippen LogP contribution in [0.25, 0.3) is 0 Å². The van der Waals surface area contributed by atoms with Gasteiger partial charge in [0.25, 0.3) is 5.91 Å². The van der Waals surface area contributed by atoms with E-state index in [0.29, 0.717) is 5.56 Å². The van der Waals surface area contributed by atoms with Crippen LogP contribution in [-0.2, 0) is 4.79 Å². The van der Waals surface area contributed by atoms with Crippen LogP contribution in [0.2, 0.25) is 0 Å². The lowest BCUT2D eigenvalue weighted by atomic mass is 10.1. The summed E-state index contributed by atoms with van der Waals surface area (Å²) < 4.78 is 13.0. The first kappa shape index (κ1) is 17.7. The summed E-state index contributed by atoms with van der Waals surface area (Å²) in [5.74, 6) is -0.582. The molecule has 0 spiro atoms. The predicted molar refractivity (Wildman–Crippen MR) is 91.0 cm³/mol. The van der Waals surface area contributed by atoms with E-state index in [9.17, 15) is 14.0 Å². The van der Waals surface area contributed by atoms with Gasteiger partial charge in [0.1, 0.15) is 5.82 Å². The van der Waals surface area contributed by atoms with Crippen LogP contribution in [0.5, 0.6) is 0 Å². The number of hydrogen-bond acceptors (Lipinski definition) is 2. The number of nitrogens with one attached hydrogen (secondary N) is 1. The molecule has 2 aromatic carbocycles. The fourth-order valence-electron chi connectivity index (χ4n) is 2.33. The number of carbonyl (C=O) groups excluding carboxylic acids is 2. The summed E-state index contributed by atoms with van der Waals surface area (Å²) in [7, 11) is 1.70. The minimum Gasteiger partial charge on any atom is -0.352 e. The van der Waals surface area contributed by atoms with Gasteiger partial charge >= 0.3 is 0 Å². The first-order chi connectivity index (χ1) is 11.5. The van der Waals surface area contributed by atoms with Crippen molar-refractivity contribution >= 4 is 11.8 Å². The Labute approximate surface area is 141 Å². The Morgan fingerprint density at radius 3 is 2.33 bits per heavy atom. The zero-order chi connectivity index (χ0) is 17.5. The summed E-state index contributed by atoms with van der Waals surface area (Å²) in [6, 6.07) is 14.8. The zero-order valence-corrected chi connectivity index (χ0v) is 13.8. The van der Waals surface area contributed by atoms with Gasteiger partial charge in [0.15, 0.2) is 0 Å². The Bertz CT molecular complexity index is 686. The van der Waals surface area contributed by atoms with E-state index < -0.39 is 0 Å². The number of benzene rings is 2.